The highest BCUT2D eigenvalue weighted by atomic mass is 16.5. The SMILES string of the molecule is O=C(CCc1nc(-c2ccncc2)no1)N[C@@H]1CCCN(c2cnccn2)C1. The number of amides is 1. The Morgan fingerprint density at radius 2 is 2.11 bits per heavy atom. The third-order valence-electron chi connectivity index (χ3n) is 4.63. The van der Waals surface area contributed by atoms with Gasteiger partial charge in [0.15, 0.2) is 0 Å². The number of anilines is 1. The summed E-state index contributed by atoms with van der Waals surface area (Å²) < 4.78 is 5.25. The third-order valence-corrected chi connectivity index (χ3v) is 4.63. The standard InChI is InChI=1S/C19H21N7O2/c27-17(3-4-18-24-19(25-28-18)14-5-7-20-8-6-14)23-15-2-1-11-26(13-15)16-12-21-9-10-22-16/h5-10,12,15H,1-4,11,13H2,(H,23,27)/t15-/m1/s1. The van der Waals surface area contributed by atoms with Crippen LogP contribution in [-0.2, 0) is 11.2 Å². The van der Waals surface area contributed by atoms with Crippen LogP contribution in [0.4, 0.5) is 5.82 Å². The zero-order valence-corrected chi connectivity index (χ0v) is 15.4. The van der Waals surface area contributed by atoms with Crippen molar-refractivity contribution in [3.8, 4) is 11.4 Å². The van der Waals surface area contributed by atoms with Crippen molar-refractivity contribution in [3.63, 3.8) is 0 Å². The number of carbonyl (C=O) groups excluding carboxylic acids is 1. The van der Waals surface area contributed by atoms with Crippen molar-refractivity contribution in [1.82, 2.24) is 30.4 Å². The van der Waals surface area contributed by atoms with E-state index in [1.807, 2.05) is 12.1 Å². The van der Waals surface area contributed by atoms with Gasteiger partial charge in [-0.15, -0.1) is 0 Å². The molecule has 1 amide bonds. The number of hydrogen-bond acceptors (Lipinski definition) is 8. The highest BCUT2D eigenvalue weighted by molar-refractivity contribution is 5.76. The van der Waals surface area contributed by atoms with Gasteiger partial charge in [0, 0.05) is 62.3 Å². The summed E-state index contributed by atoms with van der Waals surface area (Å²) in [5.41, 5.74) is 0.834. The summed E-state index contributed by atoms with van der Waals surface area (Å²) in [5, 5.41) is 7.06. The molecule has 0 spiro atoms. The Kier molecular flexibility index (Phi) is 5.51. The van der Waals surface area contributed by atoms with Gasteiger partial charge in [0.25, 0.3) is 0 Å². The first kappa shape index (κ1) is 18.0. The van der Waals surface area contributed by atoms with E-state index in [9.17, 15) is 4.79 Å². The monoisotopic (exact) mass is 379 g/mol. The molecule has 1 N–H and O–H groups in total. The Balaban J connectivity index is 1.27. The molecule has 0 aromatic carbocycles. The van der Waals surface area contributed by atoms with E-state index in [0.717, 1.165) is 37.3 Å². The van der Waals surface area contributed by atoms with Crippen LogP contribution in [0.5, 0.6) is 0 Å². The maximum Gasteiger partial charge on any atom is 0.227 e. The lowest BCUT2D eigenvalue weighted by Gasteiger charge is -2.33. The lowest BCUT2D eigenvalue weighted by molar-refractivity contribution is -0.121. The number of aromatic nitrogens is 5. The van der Waals surface area contributed by atoms with Crippen molar-refractivity contribution < 1.29 is 9.32 Å². The minimum Gasteiger partial charge on any atom is -0.353 e. The van der Waals surface area contributed by atoms with E-state index < -0.39 is 0 Å². The molecule has 4 rings (SSSR count). The van der Waals surface area contributed by atoms with Crippen molar-refractivity contribution in [2.24, 2.45) is 0 Å². The summed E-state index contributed by atoms with van der Waals surface area (Å²) in [5.74, 6) is 1.78. The molecule has 1 aliphatic heterocycles. The molecule has 3 aromatic heterocycles. The second-order valence-electron chi connectivity index (χ2n) is 6.66. The maximum absolute atomic E-state index is 12.3. The highest BCUT2D eigenvalue weighted by Gasteiger charge is 2.22. The molecule has 0 radical (unpaired) electrons. The van der Waals surface area contributed by atoms with Gasteiger partial charge in [0.2, 0.25) is 17.6 Å². The fraction of sp³-hybridized carbons (Fsp3) is 0.368. The number of nitrogens with one attached hydrogen (secondary N) is 1. The molecule has 4 heterocycles. The zero-order chi connectivity index (χ0) is 19.2. The van der Waals surface area contributed by atoms with Crippen molar-refractivity contribution in [2.75, 3.05) is 18.0 Å². The molecule has 0 saturated carbocycles. The van der Waals surface area contributed by atoms with Crippen molar-refractivity contribution in [2.45, 2.75) is 31.7 Å². The van der Waals surface area contributed by atoms with Crippen LogP contribution in [0.15, 0.2) is 47.6 Å². The summed E-state index contributed by atoms with van der Waals surface area (Å²) in [7, 11) is 0. The first-order valence-corrected chi connectivity index (χ1v) is 9.31. The summed E-state index contributed by atoms with van der Waals surface area (Å²) in [6.45, 7) is 1.65. The average molecular weight is 379 g/mol. The van der Waals surface area contributed by atoms with Crippen molar-refractivity contribution >= 4 is 11.7 Å². The largest absolute Gasteiger partial charge is 0.353 e. The smallest absolute Gasteiger partial charge is 0.227 e. The van der Waals surface area contributed by atoms with Crippen molar-refractivity contribution in [3.05, 3.63) is 49.0 Å². The van der Waals surface area contributed by atoms with E-state index in [0.29, 0.717) is 24.6 Å². The number of pyridine rings is 1. The Morgan fingerprint density at radius 3 is 2.93 bits per heavy atom. The molecule has 9 heteroatoms. The molecule has 0 bridgehead atoms. The lowest BCUT2D eigenvalue weighted by atomic mass is 10.1. The highest BCUT2D eigenvalue weighted by Crippen LogP contribution is 2.17. The first-order valence-electron chi connectivity index (χ1n) is 9.31. The van der Waals surface area contributed by atoms with E-state index in [-0.39, 0.29) is 11.9 Å². The fourth-order valence-electron chi connectivity index (χ4n) is 3.25. The maximum atomic E-state index is 12.3. The summed E-state index contributed by atoms with van der Waals surface area (Å²) in [4.78, 5) is 31.3. The van der Waals surface area contributed by atoms with Gasteiger partial charge in [-0.1, -0.05) is 5.16 Å². The van der Waals surface area contributed by atoms with Crippen LogP contribution in [0.3, 0.4) is 0 Å². The number of rotatable bonds is 6. The topological polar surface area (TPSA) is 110 Å². The van der Waals surface area contributed by atoms with Crippen LogP contribution in [-0.4, -0.2) is 50.1 Å². The zero-order valence-electron chi connectivity index (χ0n) is 15.4. The number of nitrogens with zero attached hydrogens (tertiary/aromatic N) is 6. The van der Waals surface area contributed by atoms with Crippen LogP contribution in [0.1, 0.15) is 25.2 Å². The van der Waals surface area contributed by atoms with Crippen LogP contribution in [0.2, 0.25) is 0 Å². The Hall–Kier alpha value is -3.36. The van der Waals surface area contributed by atoms with Gasteiger partial charge < -0.3 is 14.7 Å². The molecule has 144 valence electrons. The van der Waals surface area contributed by atoms with Gasteiger partial charge in [-0.2, -0.15) is 4.98 Å². The minimum absolute atomic E-state index is 0.0188. The normalized spacial score (nSPS) is 16.7. The van der Waals surface area contributed by atoms with E-state index in [1.54, 1.807) is 31.0 Å². The molecule has 1 saturated heterocycles. The third kappa shape index (κ3) is 4.48. The summed E-state index contributed by atoms with van der Waals surface area (Å²) in [6, 6.07) is 3.72. The summed E-state index contributed by atoms with van der Waals surface area (Å²) in [6.07, 6.45) is 11.1. The van der Waals surface area contributed by atoms with Gasteiger partial charge >= 0.3 is 0 Å². The van der Waals surface area contributed by atoms with Crippen LogP contribution < -0.4 is 10.2 Å². The number of carbonyl (C=O) groups is 1. The van der Waals surface area contributed by atoms with Gasteiger partial charge in [0.1, 0.15) is 5.82 Å². The Morgan fingerprint density at radius 1 is 1.21 bits per heavy atom. The van der Waals surface area contributed by atoms with E-state index >= 15 is 0 Å². The van der Waals surface area contributed by atoms with Crippen LogP contribution in [0, 0.1) is 0 Å². The van der Waals surface area contributed by atoms with E-state index in [4.69, 9.17) is 4.52 Å². The quantitative estimate of drug-likeness (QED) is 0.688. The van der Waals surface area contributed by atoms with Crippen LogP contribution >= 0.6 is 0 Å². The summed E-state index contributed by atoms with van der Waals surface area (Å²) >= 11 is 0. The van der Waals surface area contributed by atoms with Gasteiger partial charge in [-0.25, -0.2) is 4.98 Å². The number of piperidine rings is 1. The number of aryl methyl sites for hydroxylation is 1. The van der Waals surface area contributed by atoms with Gasteiger partial charge in [0.05, 0.1) is 6.20 Å². The molecular formula is C19H21N7O2. The Bertz CT molecular complexity index is 901. The first-order chi connectivity index (χ1) is 13.8. The van der Waals surface area contributed by atoms with E-state index in [1.165, 1.54) is 0 Å². The second-order valence-corrected chi connectivity index (χ2v) is 6.66. The van der Waals surface area contributed by atoms with Gasteiger partial charge in [-0.05, 0) is 25.0 Å². The van der Waals surface area contributed by atoms with Crippen molar-refractivity contribution in [1.29, 1.82) is 0 Å². The molecule has 0 aliphatic carbocycles. The number of hydrogen-bond donors (Lipinski definition) is 1. The molecule has 1 fully saturated rings. The minimum atomic E-state index is -0.0188. The Labute approximate surface area is 162 Å². The average Bonchev–Trinajstić information content (AvgIpc) is 3.23. The predicted octanol–water partition coefficient (Wildman–Crippen LogP) is 1.64. The van der Waals surface area contributed by atoms with E-state index in [2.05, 4.69) is 35.3 Å². The fourth-order valence-corrected chi connectivity index (χ4v) is 3.25. The molecule has 28 heavy (non-hydrogen) atoms. The molecule has 0 unspecified atom stereocenters. The predicted molar refractivity (Wildman–Crippen MR) is 101 cm³/mol. The molecular weight excluding hydrogens is 358 g/mol. The van der Waals surface area contributed by atoms with Gasteiger partial charge in [-0.3, -0.25) is 14.8 Å². The molecule has 3 aromatic rings. The van der Waals surface area contributed by atoms with Crippen LogP contribution in [0.25, 0.3) is 11.4 Å². The molecule has 9 nitrogen and oxygen atoms in total. The molecule has 1 atom stereocenters. The molecule has 1 aliphatic rings. The second kappa shape index (κ2) is 8.55. The lowest BCUT2D eigenvalue weighted by Crippen LogP contribution is -2.48.